The molecule has 1 aromatic carbocycles. The first-order valence-corrected chi connectivity index (χ1v) is 10.3. The third-order valence-corrected chi connectivity index (χ3v) is 6.30. The second-order valence-corrected chi connectivity index (χ2v) is 8.25. The van der Waals surface area contributed by atoms with Crippen LogP contribution in [0.25, 0.3) is 0 Å². The van der Waals surface area contributed by atoms with Crippen LogP contribution in [0.1, 0.15) is 28.9 Å². The van der Waals surface area contributed by atoms with E-state index in [1.807, 2.05) is 0 Å². The van der Waals surface area contributed by atoms with Crippen molar-refractivity contribution < 1.29 is 9.47 Å². The summed E-state index contributed by atoms with van der Waals surface area (Å²) in [6, 6.07) is 10.7. The van der Waals surface area contributed by atoms with Crippen LogP contribution >= 0.6 is 0 Å². The van der Waals surface area contributed by atoms with E-state index in [2.05, 4.69) is 47.1 Å². The van der Waals surface area contributed by atoms with Gasteiger partial charge in [-0.3, -0.25) is 4.90 Å². The van der Waals surface area contributed by atoms with Crippen molar-refractivity contribution in [3.8, 4) is 0 Å². The molecular formula is C22H28N4O2. The van der Waals surface area contributed by atoms with Crippen molar-refractivity contribution in [3.63, 3.8) is 0 Å². The lowest BCUT2D eigenvalue weighted by atomic mass is 9.80. The van der Waals surface area contributed by atoms with Crippen LogP contribution < -0.4 is 4.90 Å². The maximum Gasteiger partial charge on any atom is 0.225 e. The number of morpholine rings is 1. The molecule has 0 N–H and O–H groups in total. The molecule has 1 spiro atoms. The number of ether oxygens (including phenoxy) is 2. The first-order chi connectivity index (χ1) is 13.7. The summed E-state index contributed by atoms with van der Waals surface area (Å²) in [6.45, 7) is 9.76. The molecule has 0 bridgehead atoms. The largest absolute Gasteiger partial charge is 0.378 e. The molecule has 0 aliphatic carbocycles. The zero-order valence-electron chi connectivity index (χ0n) is 16.6. The Morgan fingerprint density at radius 3 is 2.68 bits per heavy atom. The lowest BCUT2D eigenvalue weighted by Crippen LogP contribution is -2.42. The molecule has 4 heterocycles. The SMILES string of the molecule is Cc1nc(N2CCOCC2)nc2c1COCC21CCN(Cc2ccccc2)C1. The van der Waals surface area contributed by atoms with Crippen LogP contribution in [0, 0.1) is 6.92 Å². The summed E-state index contributed by atoms with van der Waals surface area (Å²) in [4.78, 5) is 14.7. The molecule has 1 atom stereocenters. The molecule has 1 unspecified atom stereocenters. The predicted octanol–water partition coefficient (Wildman–Crippen LogP) is 2.30. The molecule has 0 saturated carbocycles. The fourth-order valence-electron chi connectivity index (χ4n) is 4.76. The highest BCUT2D eigenvalue weighted by atomic mass is 16.5. The Balaban J connectivity index is 1.44. The van der Waals surface area contributed by atoms with Crippen molar-refractivity contribution in [2.75, 3.05) is 50.9 Å². The fourth-order valence-corrected chi connectivity index (χ4v) is 4.76. The molecule has 2 saturated heterocycles. The minimum atomic E-state index is -0.0168. The lowest BCUT2D eigenvalue weighted by Gasteiger charge is -2.36. The maximum atomic E-state index is 6.06. The molecule has 5 rings (SSSR count). The van der Waals surface area contributed by atoms with Crippen LogP contribution in [0.3, 0.4) is 0 Å². The van der Waals surface area contributed by atoms with Gasteiger partial charge in [0.25, 0.3) is 0 Å². The van der Waals surface area contributed by atoms with Gasteiger partial charge in [0.15, 0.2) is 0 Å². The van der Waals surface area contributed by atoms with E-state index in [9.17, 15) is 0 Å². The average Bonchev–Trinajstić information content (AvgIpc) is 3.13. The first kappa shape index (κ1) is 18.0. The van der Waals surface area contributed by atoms with Crippen LogP contribution in [-0.2, 0) is 28.0 Å². The maximum absolute atomic E-state index is 6.06. The minimum Gasteiger partial charge on any atom is -0.378 e. The quantitative estimate of drug-likeness (QED) is 0.814. The molecule has 3 aliphatic heterocycles. The van der Waals surface area contributed by atoms with Gasteiger partial charge in [-0.25, -0.2) is 9.97 Å². The number of nitrogens with zero attached hydrogens (tertiary/aromatic N) is 4. The van der Waals surface area contributed by atoms with Crippen LogP contribution in [-0.4, -0.2) is 60.9 Å². The number of hydrogen-bond acceptors (Lipinski definition) is 6. The predicted molar refractivity (Wildman–Crippen MR) is 107 cm³/mol. The van der Waals surface area contributed by atoms with Crippen LogP contribution in [0.2, 0.25) is 0 Å². The van der Waals surface area contributed by atoms with Gasteiger partial charge in [0.1, 0.15) is 0 Å². The van der Waals surface area contributed by atoms with Gasteiger partial charge in [-0.2, -0.15) is 0 Å². The summed E-state index contributed by atoms with van der Waals surface area (Å²) in [7, 11) is 0. The molecule has 0 radical (unpaired) electrons. The third kappa shape index (κ3) is 3.30. The van der Waals surface area contributed by atoms with Gasteiger partial charge in [-0.15, -0.1) is 0 Å². The molecule has 2 aromatic rings. The molecular weight excluding hydrogens is 352 g/mol. The van der Waals surface area contributed by atoms with Gasteiger partial charge >= 0.3 is 0 Å². The van der Waals surface area contributed by atoms with E-state index >= 15 is 0 Å². The molecule has 1 aromatic heterocycles. The highest BCUT2D eigenvalue weighted by molar-refractivity contribution is 5.42. The van der Waals surface area contributed by atoms with Crippen LogP contribution in [0.4, 0.5) is 5.95 Å². The van der Waals surface area contributed by atoms with Crippen molar-refractivity contribution in [3.05, 3.63) is 52.8 Å². The number of aryl methyl sites for hydroxylation is 1. The van der Waals surface area contributed by atoms with Gasteiger partial charge in [0.2, 0.25) is 5.95 Å². The topological polar surface area (TPSA) is 50.7 Å². The van der Waals surface area contributed by atoms with E-state index in [0.29, 0.717) is 6.61 Å². The summed E-state index contributed by atoms with van der Waals surface area (Å²) in [6.07, 6.45) is 1.09. The number of rotatable bonds is 3. The molecule has 0 amide bonds. The lowest BCUT2D eigenvalue weighted by molar-refractivity contribution is 0.0497. The number of likely N-dealkylation sites (tertiary alicyclic amines) is 1. The highest BCUT2D eigenvalue weighted by Gasteiger charge is 2.45. The van der Waals surface area contributed by atoms with E-state index in [-0.39, 0.29) is 5.41 Å². The molecule has 2 fully saturated rings. The zero-order chi connectivity index (χ0) is 19.0. The number of benzene rings is 1. The Labute approximate surface area is 166 Å². The zero-order valence-corrected chi connectivity index (χ0v) is 16.6. The Morgan fingerprint density at radius 2 is 1.86 bits per heavy atom. The standard InChI is InChI=1S/C22H28N4O2/c1-17-19-14-28-16-22(7-8-25(15-22)13-18-5-3-2-4-6-18)20(19)24-21(23-17)26-9-11-27-12-10-26/h2-6H,7-16H2,1H3. The first-order valence-electron chi connectivity index (χ1n) is 10.3. The molecule has 6 heteroatoms. The average molecular weight is 380 g/mol. The molecule has 6 nitrogen and oxygen atoms in total. The van der Waals surface area contributed by atoms with Crippen molar-refractivity contribution >= 4 is 5.95 Å². The van der Waals surface area contributed by atoms with Crippen LogP contribution in [0.5, 0.6) is 0 Å². The normalized spacial score (nSPS) is 25.2. The van der Waals surface area contributed by atoms with Gasteiger partial charge < -0.3 is 14.4 Å². The van der Waals surface area contributed by atoms with Gasteiger partial charge in [-0.05, 0) is 25.5 Å². The fraction of sp³-hybridized carbons (Fsp3) is 0.545. The summed E-state index contributed by atoms with van der Waals surface area (Å²) >= 11 is 0. The Morgan fingerprint density at radius 1 is 1.04 bits per heavy atom. The molecule has 3 aliphatic rings. The van der Waals surface area contributed by atoms with Gasteiger partial charge in [0.05, 0.1) is 37.5 Å². The summed E-state index contributed by atoms with van der Waals surface area (Å²) < 4.78 is 11.6. The summed E-state index contributed by atoms with van der Waals surface area (Å²) in [5.41, 5.74) is 4.83. The number of fused-ring (bicyclic) bond motifs is 2. The van der Waals surface area contributed by atoms with E-state index in [4.69, 9.17) is 19.4 Å². The second kappa shape index (κ2) is 7.43. The minimum absolute atomic E-state index is 0.0168. The van der Waals surface area contributed by atoms with E-state index in [1.54, 1.807) is 0 Å². The number of anilines is 1. The smallest absolute Gasteiger partial charge is 0.225 e. The van der Waals surface area contributed by atoms with E-state index in [1.165, 1.54) is 16.8 Å². The third-order valence-electron chi connectivity index (χ3n) is 6.30. The second-order valence-electron chi connectivity index (χ2n) is 8.25. The summed E-state index contributed by atoms with van der Waals surface area (Å²) in [5.74, 6) is 0.863. The Kier molecular flexibility index (Phi) is 4.78. The van der Waals surface area contributed by atoms with Gasteiger partial charge in [0, 0.05) is 37.4 Å². The highest BCUT2D eigenvalue weighted by Crippen LogP contribution is 2.40. The van der Waals surface area contributed by atoms with Crippen molar-refractivity contribution in [1.29, 1.82) is 0 Å². The number of aromatic nitrogens is 2. The van der Waals surface area contributed by atoms with Crippen LogP contribution in [0.15, 0.2) is 30.3 Å². The Hall–Kier alpha value is -2.02. The molecule has 28 heavy (non-hydrogen) atoms. The Bertz CT molecular complexity index is 838. The van der Waals surface area contributed by atoms with Crippen molar-refractivity contribution in [2.24, 2.45) is 0 Å². The molecule has 148 valence electrons. The van der Waals surface area contributed by atoms with E-state index in [0.717, 1.165) is 70.6 Å². The van der Waals surface area contributed by atoms with Crippen molar-refractivity contribution in [1.82, 2.24) is 14.9 Å². The summed E-state index contributed by atoms with van der Waals surface area (Å²) in [5, 5.41) is 0. The number of hydrogen-bond donors (Lipinski definition) is 0. The van der Waals surface area contributed by atoms with Gasteiger partial charge in [-0.1, -0.05) is 30.3 Å². The monoisotopic (exact) mass is 380 g/mol. The van der Waals surface area contributed by atoms with E-state index < -0.39 is 0 Å². The van der Waals surface area contributed by atoms with Crippen molar-refractivity contribution in [2.45, 2.75) is 31.9 Å².